The number of Topliss-reactive ketones (excluding diaryl/α,β-unsaturated/α-hetero) is 1. The largest absolute Gasteiger partial charge is 0.335 e. The van der Waals surface area contributed by atoms with Crippen molar-refractivity contribution in [2.75, 3.05) is 4.90 Å². The Kier molecular flexibility index (Phi) is 6.07. The van der Waals surface area contributed by atoms with Crippen molar-refractivity contribution in [3.63, 3.8) is 0 Å². The van der Waals surface area contributed by atoms with Crippen LogP contribution in [0.2, 0.25) is 0 Å². The highest BCUT2D eigenvalue weighted by atomic mass is 16.2. The van der Waals surface area contributed by atoms with Crippen molar-refractivity contribution in [1.82, 2.24) is 5.32 Å². The lowest BCUT2D eigenvalue weighted by Gasteiger charge is -2.29. The van der Waals surface area contributed by atoms with Gasteiger partial charge in [0.15, 0.2) is 11.7 Å². The predicted octanol–water partition coefficient (Wildman–Crippen LogP) is 3.04. The summed E-state index contributed by atoms with van der Waals surface area (Å²) in [6.07, 6.45) is 3.72. The van der Waals surface area contributed by atoms with Gasteiger partial charge in [-0.25, -0.2) is 9.69 Å². The molecule has 1 saturated heterocycles. The lowest BCUT2D eigenvalue weighted by molar-refractivity contribution is -0.141. The number of unbranched alkanes of at least 4 members (excludes halogenated alkanes) is 3. The second kappa shape index (κ2) is 8.05. The molecule has 1 atom stereocenters. The molecule has 1 fully saturated rings. The molecule has 0 aliphatic carbocycles. The molecule has 1 aliphatic rings. The molecular formula is C19H24N2O4. The first kappa shape index (κ1) is 18.8. The Morgan fingerprint density at radius 1 is 1.08 bits per heavy atom. The molecule has 1 heterocycles. The summed E-state index contributed by atoms with van der Waals surface area (Å²) in [6.45, 7) is 5.85. The Morgan fingerprint density at radius 2 is 1.80 bits per heavy atom. The summed E-state index contributed by atoms with van der Waals surface area (Å²) in [5.41, 5.74) is 2.30. The highest BCUT2D eigenvalue weighted by Crippen LogP contribution is 2.24. The Hall–Kier alpha value is -2.50. The van der Waals surface area contributed by atoms with E-state index in [-0.39, 0.29) is 6.42 Å². The van der Waals surface area contributed by atoms with E-state index < -0.39 is 29.5 Å². The molecule has 1 aromatic carbocycles. The molecule has 0 bridgehead atoms. The van der Waals surface area contributed by atoms with Gasteiger partial charge in [-0.2, -0.15) is 0 Å². The summed E-state index contributed by atoms with van der Waals surface area (Å²) in [7, 11) is 0. The number of aryl methyl sites for hydroxylation is 2. The molecule has 0 spiro atoms. The number of urea groups is 1. The summed E-state index contributed by atoms with van der Waals surface area (Å²) >= 11 is 0. The molecule has 0 aromatic heterocycles. The van der Waals surface area contributed by atoms with Gasteiger partial charge in [-0.1, -0.05) is 32.3 Å². The van der Waals surface area contributed by atoms with Gasteiger partial charge in [-0.05, 0) is 43.5 Å². The van der Waals surface area contributed by atoms with Crippen molar-refractivity contribution >= 4 is 29.3 Å². The second-order valence-corrected chi connectivity index (χ2v) is 6.45. The Balaban J connectivity index is 2.20. The number of hydrogen-bond acceptors (Lipinski definition) is 4. The van der Waals surface area contributed by atoms with Crippen molar-refractivity contribution in [3.05, 3.63) is 29.3 Å². The van der Waals surface area contributed by atoms with Gasteiger partial charge in [0, 0.05) is 6.42 Å². The lowest BCUT2D eigenvalue weighted by atomic mass is 9.94. The zero-order valence-corrected chi connectivity index (χ0v) is 14.9. The van der Waals surface area contributed by atoms with Crippen LogP contribution in [0.5, 0.6) is 0 Å². The predicted molar refractivity (Wildman–Crippen MR) is 94.2 cm³/mol. The Labute approximate surface area is 147 Å². The normalized spacial score (nSPS) is 17.6. The van der Waals surface area contributed by atoms with Crippen LogP contribution in [0.1, 0.15) is 50.2 Å². The van der Waals surface area contributed by atoms with Crippen molar-refractivity contribution < 1.29 is 19.2 Å². The van der Waals surface area contributed by atoms with Crippen LogP contribution in [0, 0.1) is 19.8 Å². The van der Waals surface area contributed by atoms with Crippen LogP contribution in [-0.2, 0) is 14.4 Å². The first-order chi connectivity index (χ1) is 11.9. The van der Waals surface area contributed by atoms with E-state index in [1.165, 1.54) is 0 Å². The van der Waals surface area contributed by atoms with E-state index in [0.29, 0.717) is 12.1 Å². The van der Waals surface area contributed by atoms with Crippen LogP contribution in [0.15, 0.2) is 18.2 Å². The van der Waals surface area contributed by atoms with Gasteiger partial charge in [0.05, 0.1) is 5.69 Å². The number of hydrogen-bond donors (Lipinski definition) is 1. The Morgan fingerprint density at radius 3 is 2.44 bits per heavy atom. The van der Waals surface area contributed by atoms with Gasteiger partial charge in [-0.3, -0.25) is 19.7 Å². The van der Waals surface area contributed by atoms with E-state index in [4.69, 9.17) is 0 Å². The molecule has 1 N–H and O–H groups in total. The molecule has 6 heteroatoms. The van der Waals surface area contributed by atoms with E-state index >= 15 is 0 Å². The monoisotopic (exact) mass is 344 g/mol. The van der Waals surface area contributed by atoms with Gasteiger partial charge in [0.25, 0.3) is 5.91 Å². The van der Waals surface area contributed by atoms with Gasteiger partial charge < -0.3 is 0 Å². The number of carbonyl (C=O) groups is 4. The smallest absolute Gasteiger partial charge is 0.298 e. The van der Waals surface area contributed by atoms with Crippen LogP contribution in [0.25, 0.3) is 0 Å². The zero-order chi connectivity index (χ0) is 18.6. The number of nitrogens with zero attached hydrogens (tertiary/aromatic N) is 1. The number of nitrogens with one attached hydrogen (secondary N) is 1. The number of barbiturate groups is 1. The van der Waals surface area contributed by atoms with E-state index in [1.807, 2.05) is 13.8 Å². The van der Waals surface area contributed by atoms with Crippen LogP contribution in [0.4, 0.5) is 10.5 Å². The molecule has 25 heavy (non-hydrogen) atoms. The molecule has 4 amide bonds. The van der Waals surface area contributed by atoms with Gasteiger partial charge >= 0.3 is 6.03 Å². The summed E-state index contributed by atoms with van der Waals surface area (Å²) < 4.78 is 0. The molecule has 0 radical (unpaired) electrons. The fourth-order valence-electron chi connectivity index (χ4n) is 2.84. The van der Waals surface area contributed by atoms with Crippen LogP contribution in [-0.4, -0.2) is 23.6 Å². The minimum absolute atomic E-state index is 0.165. The topological polar surface area (TPSA) is 83.6 Å². The highest BCUT2D eigenvalue weighted by Gasteiger charge is 2.44. The first-order valence-corrected chi connectivity index (χ1v) is 8.65. The van der Waals surface area contributed by atoms with E-state index in [2.05, 4.69) is 12.2 Å². The summed E-state index contributed by atoms with van der Waals surface area (Å²) in [4.78, 5) is 50.1. The molecule has 0 saturated carbocycles. The average molecular weight is 344 g/mol. The van der Waals surface area contributed by atoms with Gasteiger partial charge in [0.2, 0.25) is 5.91 Å². The van der Waals surface area contributed by atoms with Crippen molar-refractivity contribution in [1.29, 1.82) is 0 Å². The fourth-order valence-corrected chi connectivity index (χ4v) is 2.84. The molecule has 1 aliphatic heterocycles. The van der Waals surface area contributed by atoms with Crippen LogP contribution in [0.3, 0.4) is 0 Å². The van der Waals surface area contributed by atoms with E-state index in [1.54, 1.807) is 18.2 Å². The number of carbonyl (C=O) groups excluding carboxylic acids is 4. The summed E-state index contributed by atoms with van der Waals surface area (Å²) in [5.74, 6) is -3.46. The molecular weight excluding hydrogens is 320 g/mol. The molecule has 2 rings (SSSR count). The summed E-state index contributed by atoms with van der Waals surface area (Å²) in [6, 6.07) is 4.32. The van der Waals surface area contributed by atoms with Crippen molar-refractivity contribution in [2.45, 2.75) is 52.9 Å². The Bertz CT molecular complexity index is 711. The van der Waals surface area contributed by atoms with E-state index in [0.717, 1.165) is 35.3 Å². The van der Waals surface area contributed by atoms with Gasteiger partial charge in [-0.15, -0.1) is 0 Å². The average Bonchev–Trinajstić information content (AvgIpc) is 2.54. The minimum Gasteiger partial charge on any atom is -0.298 e. The first-order valence-electron chi connectivity index (χ1n) is 8.65. The maximum Gasteiger partial charge on any atom is 0.335 e. The third kappa shape index (κ3) is 4.13. The minimum atomic E-state index is -1.44. The lowest BCUT2D eigenvalue weighted by Crippen LogP contribution is -2.60. The maximum atomic E-state index is 12.7. The van der Waals surface area contributed by atoms with Crippen molar-refractivity contribution in [3.8, 4) is 0 Å². The summed E-state index contributed by atoms with van der Waals surface area (Å²) in [5, 5.41) is 2.13. The maximum absolute atomic E-state index is 12.7. The molecule has 1 aromatic rings. The number of ketones is 1. The fraction of sp³-hybridized carbons (Fsp3) is 0.474. The molecule has 134 valence electrons. The number of amides is 4. The van der Waals surface area contributed by atoms with E-state index in [9.17, 15) is 19.2 Å². The van der Waals surface area contributed by atoms with Crippen LogP contribution < -0.4 is 10.2 Å². The molecule has 1 unspecified atom stereocenters. The van der Waals surface area contributed by atoms with Crippen molar-refractivity contribution in [2.24, 2.45) is 5.92 Å². The number of imide groups is 2. The number of rotatable bonds is 7. The van der Waals surface area contributed by atoms with Gasteiger partial charge in [0.1, 0.15) is 0 Å². The highest BCUT2D eigenvalue weighted by molar-refractivity contribution is 6.34. The number of benzene rings is 1. The standard InChI is InChI=1S/C19H24N2O4/c1-4-5-6-7-8-15(22)16-17(23)20-19(25)21(18(16)24)14-10-9-12(2)13(3)11-14/h9-11,16H,4-8H2,1-3H3,(H,20,23,25). The third-order valence-electron chi connectivity index (χ3n) is 4.51. The third-order valence-corrected chi connectivity index (χ3v) is 4.51. The number of anilines is 1. The zero-order valence-electron chi connectivity index (χ0n) is 14.9. The SMILES string of the molecule is CCCCCCC(=O)C1C(=O)NC(=O)N(c2ccc(C)c(C)c2)C1=O. The second-order valence-electron chi connectivity index (χ2n) is 6.45. The molecule has 6 nitrogen and oxygen atoms in total. The van der Waals surface area contributed by atoms with Crippen LogP contribution >= 0.6 is 0 Å². The quantitative estimate of drug-likeness (QED) is 0.609.